The molecule has 0 bridgehead atoms. The molecule has 2 unspecified atom stereocenters. The van der Waals surface area contributed by atoms with Gasteiger partial charge in [0, 0.05) is 36.2 Å². The predicted octanol–water partition coefficient (Wildman–Crippen LogP) is 3.00. The van der Waals surface area contributed by atoms with Gasteiger partial charge in [0.25, 0.3) is 0 Å². The first-order valence-electron chi connectivity index (χ1n) is 7.59. The fourth-order valence-corrected chi connectivity index (χ4v) is 3.78. The maximum Gasteiger partial charge on any atom is 0.120 e. The minimum atomic E-state index is 0.649. The molecule has 0 spiro atoms. The molecule has 0 radical (unpaired) electrons. The SMILES string of the molecule is CC1CN2CCCC2CN1CCOc1cccc(Br)c1. The van der Waals surface area contributed by atoms with Gasteiger partial charge in [-0.05, 0) is 44.5 Å². The van der Waals surface area contributed by atoms with Crippen LogP contribution in [0.15, 0.2) is 28.7 Å². The fraction of sp³-hybridized carbons (Fsp3) is 0.625. The number of halogens is 1. The predicted molar refractivity (Wildman–Crippen MR) is 85.3 cm³/mol. The van der Waals surface area contributed by atoms with Gasteiger partial charge in [-0.15, -0.1) is 0 Å². The molecule has 2 saturated heterocycles. The van der Waals surface area contributed by atoms with Crippen LogP contribution in [0.4, 0.5) is 0 Å². The second-order valence-corrected chi connectivity index (χ2v) is 6.86. The quantitative estimate of drug-likeness (QED) is 0.839. The van der Waals surface area contributed by atoms with E-state index in [4.69, 9.17) is 4.74 Å². The number of piperazine rings is 1. The molecule has 2 aliphatic heterocycles. The molecule has 2 aliphatic rings. The monoisotopic (exact) mass is 338 g/mol. The van der Waals surface area contributed by atoms with Gasteiger partial charge in [-0.25, -0.2) is 0 Å². The summed E-state index contributed by atoms with van der Waals surface area (Å²) in [4.78, 5) is 5.25. The van der Waals surface area contributed by atoms with Crippen LogP contribution >= 0.6 is 15.9 Å². The summed E-state index contributed by atoms with van der Waals surface area (Å²) in [5.74, 6) is 0.950. The van der Waals surface area contributed by atoms with Gasteiger partial charge in [0.05, 0.1) is 0 Å². The van der Waals surface area contributed by atoms with Gasteiger partial charge in [0.1, 0.15) is 12.4 Å². The molecule has 20 heavy (non-hydrogen) atoms. The summed E-state index contributed by atoms with van der Waals surface area (Å²) in [5.41, 5.74) is 0. The molecule has 4 heteroatoms. The third-order valence-electron chi connectivity index (χ3n) is 4.51. The topological polar surface area (TPSA) is 15.7 Å². The number of hydrogen-bond donors (Lipinski definition) is 0. The van der Waals surface area contributed by atoms with E-state index in [0.29, 0.717) is 6.04 Å². The fourth-order valence-electron chi connectivity index (χ4n) is 3.40. The van der Waals surface area contributed by atoms with E-state index in [1.807, 2.05) is 24.3 Å². The molecular weight excluding hydrogens is 316 g/mol. The maximum atomic E-state index is 5.86. The molecule has 1 aromatic carbocycles. The largest absolute Gasteiger partial charge is 0.492 e. The van der Waals surface area contributed by atoms with Gasteiger partial charge in [0.15, 0.2) is 0 Å². The van der Waals surface area contributed by atoms with Crippen LogP contribution in [-0.2, 0) is 0 Å². The number of benzene rings is 1. The first-order valence-corrected chi connectivity index (χ1v) is 8.38. The van der Waals surface area contributed by atoms with Crippen LogP contribution < -0.4 is 4.74 Å². The Labute approximate surface area is 130 Å². The molecule has 0 N–H and O–H groups in total. The van der Waals surface area contributed by atoms with Crippen molar-refractivity contribution < 1.29 is 4.74 Å². The lowest BCUT2D eigenvalue weighted by atomic mass is 10.1. The van der Waals surface area contributed by atoms with Gasteiger partial charge in [-0.1, -0.05) is 22.0 Å². The molecule has 3 rings (SSSR count). The number of rotatable bonds is 4. The minimum absolute atomic E-state index is 0.649. The van der Waals surface area contributed by atoms with E-state index in [1.165, 1.54) is 32.5 Å². The van der Waals surface area contributed by atoms with Gasteiger partial charge in [-0.3, -0.25) is 9.80 Å². The first-order chi connectivity index (χ1) is 9.72. The zero-order valence-corrected chi connectivity index (χ0v) is 13.7. The van der Waals surface area contributed by atoms with Crippen molar-refractivity contribution in [3.05, 3.63) is 28.7 Å². The molecule has 2 atom stereocenters. The highest BCUT2D eigenvalue weighted by molar-refractivity contribution is 9.10. The summed E-state index contributed by atoms with van der Waals surface area (Å²) in [6.07, 6.45) is 2.75. The maximum absolute atomic E-state index is 5.86. The Hall–Kier alpha value is -0.580. The van der Waals surface area contributed by atoms with E-state index in [0.717, 1.165) is 29.4 Å². The summed E-state index contributed by atoms with van der Waals surface area (Å²) in [5, 5.41) is 0. The lowest BCUT2D eigenvalue weighted by Gasteiger charge is -2.42. The summed E-state index contributed by atoms with van der Waals surface area (Å²) < 4.78 is 6.94. The van der Waals surface area contributed by atoms with Crippen LogP contribution in [-0.4, -0.2) is 54.7 Å². The Morgan fingerprint density at radius 2 is 2.25 bits per heavy atom. The van der Waals surface area contributed by atoms with E-state index >= 15 is 0 Å². The van der Waals surface area contributed by atoms with Gasteiger partial charge < -0.3 is 4.74 Å². The van der Waals surface area contributed by atoms with Crippen LogP contribution in [0.5, 0.6) is 5.75 Å². The van der Waals surface area contributed by atoms with Crippen LogP contribution in [0.25, 0.3) is 0 Å². The molecule has 0 aliphatic carbocycles. The smallest absolute Gasteiger partial charge is 0.120 e. The van der Waals surface area contributed by atoms with Crippen molar-refractivity contribution in [3.8, 4) is 5.75 Å². The van der Waals surface area contributed by atoms with Crippen LogP contribution in [0.3, 0.4) is 0 Å². The van der Waals surface area contributed by atoms with E-state index in [9.17, 15) is 0 Å². The molecule has 3 nitrogen and oxygen atoms in total. The third-order valence-corrected chi connectivity index (χ3v) is 5.00. The highest BCUT2D eigenvalue weighted by Crippen LogP contribution is 2.24. The summed E-state index contributed by atoms with van der Waals surface area (Å²) in [6.45, 7) is 7.88. The number of fused-ring (bicyclic) bond motifs is 1. The van der Waals surface area contributed by atoms with Crippen molar-refractivity contribution in [1.82, 2.24) is 9.80 Å². The Bertz CT molecular complexity index is 454. The minimum Gasteiger partial charge on any atom is -0.492 e. The second-order valence-electron chi connectivity index (χ2n) is 5.94. The molecule has 0 aromatic heterocycles. The van der Waals surface area contributed by atoms with Crippen molar-refractivity contribution in [2.45, 2.75) is 31.8 Å². The van der Waals surface area contributed by atoms with Crippen LogP contribution in [0.2, 0.25) is 0 Å². The van der Waals surface area contributed by atoms with Crippen molar-refractivity contribution >= 4 is 15.9 Å². The van der Waals surface area contributed by atoms with Crippen molar-refractivity contribution in [2.24, 2.45) is 0 Å². The zero-order valence-electron chi connectivity index (χ0n) is 12.1. The Morgan fingerprint density at radius 1 is 1.35 bits per heavy atom. The lowest BCUT2D eigenvalue weighted by molar-refractivity contribution is 0.0500. The highest BCUT2D eigenvalue weighted by atomic mass is 79.9. The standard InChI is InChI=1S/C16H23BrN2O/c1-13-11-19-7-3-5-15(19)12-18(13)8-9-20-16-6-2-4-14(17)10-16/h2,4,6,10,13,15H,3,5,7-9,11-12H2,1H3. The van der Waals surface area contributed by atoms with Crippen LogP contribution in [0.1, 0.15) is 19.8 Å². The average Bonchev–Trinajstić information content (AvgIpc) is 2.86. The Morgan fingerprint density at radius 3 is 3.10 bits per heavy atom. The van der Waals surface area contributed by atoms with Gasteiger partial charge >= 0.3 is 0 Å². The zero-order chi connectivity index (χ0) is 13.9. The molecule has 0 amide bonds. The van der Waals surface area contributed by atoms with E-state index in [1.54, 1.807) is 0 Å². The molecule has 110 valence electrons. The Kier molecular flexibility index (Phi) is 4.64. The average molecular weight is 339 g/mol. The normalized spacial score (nSPS) is 27.5. The highest BCUT2D eigenvalue weighted by Gasteiger charge is 2.33. The third kappa shape index (κ3) is 3.35. The molecular formula is C16H23BrN2O. The number of nitrogens with zero attached hydrogens (tertiary/aromatic N) is 2. The van der Waals surface area contributed by atoms with Crippen molar-refractivity contribution in [2.75, 3.05) is 32.8 Å². The van der Waals surface area contributed by atoms with Crippen LogP contribution in [0, 0.1) is 0 Å². The lowest BCUT2D eigenvalue weighted by Crippen LogP contribution is -2.55. The van der Waals surface area contributed by atoms with Crippen molar-refractivity contribution in [1.29, 1.82) is 0 Å². The summed E-state index contributed by atoms with van der Waals surface area (Å²) in [6, 6.07) is 9.52. The van der Waals surface area contributed by atoms with E-state index < -0.39 is 0 Å². The number of hydrogen-bond acceptors (Lipinski definition) is 3. The second kappa shape index (κ2) is 6.46. The van der Waals surface area contributed by atoms with Gasteiger partial charge in [-0.2, -0.15) is 0 Å². The first kappa shape index (κ1) is 14.4. The van der Waals surface area contributed by atoms with E-state index in [2.05, 4.69) is 32.7 Å². The number of ether oxygens (including phenoxy) is 1. The van der Waals surface area contributed by atoms with Crippen molar-refractivity contribution in [3.63, 3.8) is 0 Å². The summed E-state index contributed by atoms with van der Waals surface area (Å²) >= 11 is 3.48. The van der Waals surface area contributed by atoms with Gasteiger partial charge in [0.2, 0.25) is 0 Å². The summed E-state index contributed by atoms with van der Waals surface area (Å²) in [7, 11) is 0. The molecule has 2 fully saturated rings. The molecule has 0 saturated carbocycles. The van der Waals surface area contributed by atoms with E-state index in [-0.39, 0.29) is 0 Å². The Balaban J connectivity index is 1.48. The molecule has 1 aromatic rings. The molecule has 2 heterocycles.